The maximum absolute atomic E-state index is 13.0. The number of rotatable bonds is 9. The summed E-state index contributed by atoms with van der Waals surface area (Å²) in [6, 6.07) is 16.6. The number of ether oxygens (including phenoxy) is 2. The van der Waals surface area contributed by atoms with Gasteiger partial charge in [-0.15, -0.1) is 11.3 Å². The molecule has 0 aliphatic rings. The van der Waals surface area contributed by atoms with Crippen molar-refractivity contribution in [1.29, 1.82) is 0 Å². The molecule has 3 aromatic rings. The van der Waals surface area contributed by atoms with E-state index in [-0.39, 0.29) is 30.2 Å². The summed E-state index contributed by atoms with van der Waals surface area (Å²) in [5.41, 5.74) is 2.38. The Bertz CT molecular complexity index is 1140. The van der Waals surface area contributed by atoms with Gasteiger partial charge in [-0.2, -0.15) is 0 Å². The number of hydrogen-bond donors (Lipinski definition) is 2. The first kappa shape index (κ1) is 24.1. The topological polar surface area (TPSA) is 76.7 Å². The molecular formula is C26H28N2O4S. The molecule has 7 heteroatoms. The minimum Gasteiger partial charge on any atom is -0.493 e. The zero-order valence-corrected chi connectivity index (χ0v) is 20.0. The van der Waals surface area contributed by atoms with Crippen molar-refractivity contribution < 1.29 is 19.1 Å². The Labute approximate surface area is 198 Å². The zero-order chi connectivity index (χ0) is 23.8. The molecule has 0 atom stereocenters. The molecule has 0 saturated carbocycles. The summed E-state index contributed by atoms with van der Waals surface area (Å²) in [5.74, 6) is 0.527. The maximum Gasteiger partial charge on any atom is 0.268 e. The highest BCUT2D eigenvalue weighted by Crippen LogP contribution is 2.29. The van der Waals surface area contributed by atoms with E-state index >= 15 is 0 Å². The molecule has 0 aliphatic heterocycles. The van der Waals surface area contributed by atoms with Crippen LogP contribution in [0.25, 0.3) is 6.08 Å². The van der Waals surface area contributed by atoms with Crippen molar-refractivity contribution in [3.8, 4) is 11.5 Å². The number of carbonyl (C=O) groups excluding carboxylic acids is 2. The van der Waals surface area contributed by atoms with Crippen LogP contribution in [0.1, 0.15) is 40.2 Å². The molecule has 33 heavy (non-hydrogen) atoms. The molecule has 0 aliphatic carbocycles. The Hall–Kier alpha value is -3.58. The molecule has 0 fully saturated rings. The molecule has 172 valence electrons. The van der Waals surface area contributed by atoms with Gasteiger partial charge in [-0.1, -0.05) is 30.3 Å². The van der Waals surface area contributed by atoms with Crippen LogP contribution in [0.2, 0.25) is 0 Å². The molecule has 6 nitrogen and oxygen atoms in total. The van der Waals surface area contributed by atoms with Gasteiger partial charge in [-0.3, -0.25) is 9.59 Å². The standard InChI is InChI=1S/C26H28N2O4S/c1-17(2)32-23-12-11-19(14-24(23)31-4)16-27-26(30)22(15-20-9-7-13-33-20)28-25(29)21-10-6-5-8-18(21)3/h5-15,17H,16H2,1-4H3,(H,27,30)(H,28,29)/b22-15-. The van der Waals surface area contributed by atoms with Gasteiger partial charge in [0.2, 0.25) is 0 Å². The van der Waals surface area contributed by atoms with Gasteiger partial charge in [0.1, 0.15) is 5.70 Å². The number of aryl methyl sites for hydroxylation is 1. The largest absolute Gasteiger partial charge is 0.493 e. The van der Waals surface area contributed by atoms with Crippen molar-refractivity contribution in [2.24, 2.45) is 0 Å². The first-order chi connectivity index (χ1) is 15.9. The van der Waals surface area contributed by atoms with Crippen LogP contribution < -0.4 is 20.1 Å². The van der Waals surface area contributed by atoms with Crippen LogP contribution in [0, 0.1) is 6.92 Å². The summed E-state index contributed by atoms with van der Waals surface area (Å²) < 4.78 is 11.2. The molecule has 2 amide bonds. The molecule has 0 bridgehead atoms. The summed E-state index contributed by atoms with van der Waals surface area (Å²) in [4.78, 5) is 26.7. The lowest BCUT2D eigenvalue weighted by molar-refractivity contribution is -0.117. The molecule has 3 rings (SSSR count). The summed E-state index contributed by atoms with van der Waals surface area (Å²) in [6.07, 6.45) is 1.70. The average molecular weight is 465 g/mol. The second-order valence-corrected chi connectivity index (χ2v) is 8.66. The zero-order valence-electron chi connectivity index (χ0n) is 19.2. The Morgan fingerprint density at radius 2 is 1.85 bits per heavy atom. The molecule has 0 spiro atoms. The van der Waals surface area contributed by atoms with Crippen molar-refractivity contribution in [1.82, 2.24) is 10.6 Å². The molecule has 1 aromatic heterocycles. The Balaban J connectivity index is 1.76. The van der Waals surface area contributed by atoms with Gasteiger partial charge in [0, 0.05) is 17.0 Å². The van der Waals surface area contributed by atoms with E-state index < -0.39 is 0 Å². The SMILES string of the molecule is COc1cc(CNC(=O)/C(=C/c2cccs2)NC(=O)c2ccccc2C)ccc1OC(C)C. The number of benzene rings is 2. The molecule has 1 heterocycles. The fourth-order valence-electron chi connectivity index (χ4n) is 3.14. The normalized spacial score (nSPS) is 11.2. The lowest BCUT2D eigenvalue weighted by atomic mass is 10.1. The molecule has 0 radical (unpaired) electrons. The molecule has 2 N–H and O–H groups in total. The average Bonchev–Trinajstić information content (AvgIpc) is 3.30. The highest BCUT2D eigenvalue weighted by molar-refractivity contribution is 7.10. The molecule has 0 unspecified atom stereocenters. The number of methoxy groups -OCH3 is 1. The lowest BCUT2D eigenvalue weighted by Crippen LogP contribution is -2.34. The number of amides is 2. The van der Waals surface area contributed by atoms with Crippen LogP contribution in [0.4, 0.5) is 0 Å². The quantitative estimate of drug-likeness (QED) is 0.440. The third-order valence-corrected chi connectivity index (χ3v) is 5.58. The Morgan fingerprint density at radius 1 is 1.06 bits per heavy atom. The van der Waals surface area contributed by atoms with Gasteiger partial charge in [-0.05, 0) is 67.6 Å². The lowest BCUT2D eigenvalue weighted by Gasteiger charge is -2.15. The number of carbonyl (C=O) groups is 2. The third kappa shape index (κ3) is 6.70. The van der Waals surface area contributed by atoms with E-state index in [0.29, 0.717) is 17.1 Å². The maximum atomic E-state index is 13.0. The second kappa shape index (κ2) is 11.3. The Kier molecular flexibility index (Phi) is 8.27. The van der Waals surface area contributed by atoms with Crippen molar-refractivity contribution in [2.45, 2.75) is 33.4 Å². The van der Waals surface area contributed by atoms with Crippen LogP contribution in [0.5, 0.6) is 11.5 Å². The Morgan fingerprint density at radius 3 is 2.52 bits per heavy atom. The monoisotopic (exact) mass is 464 g/mol. The fourth-order valence-corrected chi connectivity index (χ4v) is 3.80. The third-order valence-electron chi connectivity index (χ3n) is 4.76. The van der Waals surface area contributed by atoms with Gasteiger partial charge in [0.25, 0.3) is 11.8 Å². The first-order valence-electron chi connectivity index (χ1n) is 10.6. The van der Waals surface area contributed by atoms with Gasteiger partial charge >= 0.3 is 0 Å². The van der Waals surface area contributed by atoms with Crippen molar-refractivity contribution in [3.63, 3.8) is 0 Å². The van der Waals surface area contributed by atoms with E-state index in [4.69, 9.17) is 9.47 Å². The number of nitrogens with one attached hydrogen (secondary N) is 2. The van der Waals surface area contributed by atoms with E-state index in [1.807, 2.05) is 68.6 Å². The van der Waals surface area contributed by atoms with Crippen molar-refractivity contribution in [2.75, 3.05) is 7.11 Å². The highest BCUT2D eigenvalue weighted by atomic mass is 32.1. The van der Waals surface area contributed by atoms with Gasteiger partial charge in [0.15, 0.2) is 11.5 Å². The van der Waals surface area contributed by atoms with Gasteiger partial charge in [0.05, 0.1) is 13.2 Å². The van der Waals surface area contributed by atoms with E-state index in [9.17, 15) is 9.59 Å². The summed E-state index contributed by atoms with van der Waals surface area (Å²) in [7, 11) is 1.58. The predicted molar refractivity (Wildman–Crippen MR) is 132 cm³/mol. The van der Waals surface area contributed by atoms with E-state index in [0.717, 1.165) is 16.0 Å². The van der Waals surface area contributed by atoms with Crippen LogP contribution in [0.15, 0.2) is 65.7 Å². The smallest absolute Gasteiger partial charge is 0.268 e. The van der Waals surface area contributed by atoms with Gasteiger partial charge in [-0.25, -0.2) is 0 Å². The first-order valence-corrected chi connectivity index (χ1v) is 11.5. The van der Waals surface area contributed by atoms with E-state index in [2.05, 4.69) is 10.6 Å². The van der Waals surface area contributed by atoms with Crippen LogP contribution in [0.3, 0.4) is 0 Å². The fraction of sp³-hybridized carbons (Fsp3) is 0.231. The summed E-state index contributed by atoms with van der Waals surface area (Å²) in [6.45, 7) is 6.01. The number of hydrogen-bond acceptors (Lipinski definition) is 5. The molecule has 0 saturated heterocycles. The van der Waals surface area contributed by atoms with Crippen LogP contribution in [-0.2, 0) is 11.3 Å². The van der Waals surface area contributed by atoms with Crippen LogP contribution >= 0.6 is 11.3 Å². The van der Waals surface area contributed by atoms with E-state index in [1.165, 1.54) is 11.3 Å². The van der Waals surface area contributed by atoms with Gasteiger partial charge < -0.3 is 20.1 Å². The summed E-state index contributed by atoms with van der Waals surface area (Å²) >= 11 is 1.48. The second-order valence-electron chi connectivity index (χ2n) is 7.68. The van der Waals surface area contributed by atoms with E-state index in [1.54, 1.807) is 25.3 Å². The highest BCUT2D eigenvalue weighted by Gasteiger charge is 2.16. The van der Waals surface area contributed by atoms with Crippen LogP contribution in [-0.4, -0.2) is 25.0 Å². The molecule has 2 aromatic carbocycles. The van der Waals surface area contributed by atoms with Crippen molar-refractivity contribution >= 4 is 29.2 Å². The number of thiophene rings is 1. The minimum atomic E-state index is -0.383. The summed E-state index contributed by atoms with van der Waals surface area (Å²) in [5, 5.41) is 7.57. The van der Waals surface area contributed by atoms with Crippen molar-refractivity contribution in [3.05, 3.63) is 87.2 Å². The molecular weight excluding hydrogens is 436 g/mol. The minimum absolute atomic E-state index is 0.0197. The predicted octanol–water partition coefficient (Wildman–Crippen LogP) is 4.94.